The highest BCUT2D eigenvalue weighted by molar-refractivity contribution is 9.11. The Morgan fingerprint density at radius 3 is 2.35 bits per heavy atom. The van der Waals surface area contributed by atoms with Crippen molar-refractivity contribution in [1.29, 1.82) is 0 Å². The molecule has 2 aliphatic carbocycles. The van der Waals surface area contributed by atoms with Crippen LogP contribution in [-0.4, -0.2) is 58.2 Å². The summed E-state index contributed by atoms with van der Waals surface area (Å²) >= 11 is 6.83. The molecule has 20 heavy (non-hydrogen) atoms. The SMILES string of the molecule is COC1(OC)[C@]2(Br)[C@@H](COC(C)=O)C[C@@]1(Br)C(=O)[C@H]2O. The standard InChI is InChI=1S/C12H16Br2O6/c1-6(15)20-5-7-4-10(13)8(16)9(17)11(7,14)12(10,18-2)19-3/h7,9,17H,4-5H2,1-3H3/t7-,9-,10-,11+/m1/s1. The normalized spacial score (nSPS) is 42.0. The lowest BCUT2D eigenvalue weighted by atomic mass is 9.86. The predicted molar refractivity (Wildman–Crippen MR) is 75.8 cm³/mol. The summed E-state index contributed by atoms with van der Waals surface area (Å²) in [6.45, 7) is 1.37. The first-order chi connectivity index (χ1) is 9.21. The molecular weight excluding hydrogens is 400 g/mol. The number of aliphatic hydroxyl groups is 1. The number of ether oxygens (including phenoxy) is 3. The monoisotopic (exact) mass is 414 g/mol. The second-order valence-electron chi connectivity index (χ2n) is 5.06. The fourth-order valence-corrected chi connectivity index (χ4v) is 6.08. The third kappa shape index (κ3) is 1.65. The zero-order valence-electron chi connectivity index (χ0n) is 11.3. The van der Waals surface area contributed by atoms with E-state index in [1.807, 2.05) is 0 Å². The predicted octanol–water partition coefficient (Wildman–Crippen LogP) is 0.769. The molecule has 0 spiro atoms. The maximum absolute atomic E-state index is 12.3. The van der Waals surface area contributed by atoms with E-state index in [0.717, 1.165) is 0 Å². The molecule has 0 aromatic heterocycles. The highest BCUT2D eigenvalue weighted by Gasteiger charge is 2.84. The molecule has 2 rings (SSSR count). The van der Waals surface area contributed by atoms with Crippen LogP contribution in [0.1, 0.15) is 13.3 Å². The third-order valence-electron chi connectivity index (χ3n) is 4.25. The van der Waals surface area contributed by atoms with Crippen LogP contribution in [-0.2, 0) is 23.8 Å². The van der Waals surface area contributed by atoms with Gasteiger partial charge >= 0.3 is 5.97 Å². The lowest BCUT2D eigenvalue weighted by Crippen LogP contribution is -2.58. The van der Waals surface area contributed by atoms with Crippen molar-refractivity contribution >= 4 is 43.6 Å². The van der Waals surface area contributed by atoms with E-state index in [1.165, 1.54) is 21.1 Å². The first kappa shape index (κ1) is 16.4. The van der Waals surface area contributed by atoms with Crippen molar-refractivity contribution in [2.45, 2.75) is 33.9 Å². The summed E-state index contributed by atoms with van der Waals surface area (Å²) in [6, 6.07) is 0. The summed E-state index contributed by atoms with van der Waals surface area (Å²) in [5, 5.41) is 10.3. The van der Waals surface area contributed by atoms with Gasteiger partial charge in [0.1, 0.15) is 14.8 Å². The lowest BCUT2D eigenvalue weighted by Gasteiger charge is -2.41. The minimum absolute atomic E-state index is 0.0622. The van der Waals surface area contributed by atoms with Gasteiger partial charge in [-0.15, -0.1) is 0 Å². The average Bonchev–Trinajstić information content (AvgIpc) is 2.67. The minimum atomic E-state index is -1.37. The Kier molecular flexibility index (Phi) is 4.10. The summed E-state index contributed by atoms with van der Waals surface area (Å²) in [4.78, 5) is 23.3. The molecule has 2 saturated carbocycles. The first-order valence-electron chi connectivity index (χ1n) is 6.05. The van der Waals surface area contributed by atoms with E-state index in [1.54, 1.807) is 0 Å². The van der Waals surface area contributed by atoms with E-state index in [4.69, 9.17) is 14.2 Å². The van der Waals surface area contributed by atoms with Gasteiger partial charge in [-0.2, -0.15) is 0 Å². The maximum atomic E-state index is 12.3. The van der Waals surface area contributed by atoms with Gasteiger partial charge < -0.3 is 19.3 Å². The van der Waals surface area contributed by atoms with Gasteiger partial charge in [0.15, 0.2) is 5.78 Å². The quantitative estimate of drug-likeness (QED) is 0.415. The smallest absolute Gasteiger partial charge is 0.302 e. The Bertz CT molecular complexity index is 451. The highest BCUT2D eigenvalue weighted by Crippen LogP contribution is 2.67. The molecule has 114 valence electrons. The van der Waals surface area contributed by atoms with Crippen molar-refractivity contribution in [2.24, 2.45) is 5.92 Å². The van der Waals surface area contributed by atoms with E-state index < -0.39 is 32.3 Å². The van der Waals surface area contributed by atoms with Crippen molar-refractivity contribution in [3.63, 3.8) is 0 Å². The number of halogens is 2. The van der Waals surface area contributed by atoms with Crippen LogP contribution in [0.4, 0.5) is 0 Å². The number of aliphatic hydroxyl groups excluding tert-OH is 1. The van der Waals surface area contributed by atoms with Gasteiger partial charge in [0.05, 0.1) is 6.61 Å². The molecule has 8 heteroatoms. The Labute approximate surface area is 133 Å². The Morgan fingerprint density at radius 2 is 1.95 bits per heavy atom. The summed E-state index contributed by atoms with van der Waals surface area (Å²) in [7, 11) is 2.82. The van der Waals surface area contributed by atoms with Crippen molar-refractivity contribution in [1.82, 2.24) is 0 Å². The lowest BCUT2D eigenvalue weighted by molar-refractivity contribution is -0.222. The molecule has 0 aliphatic heterocycles. The molecule has 0 radical (unpaired) electrons. The largest absolute Gasteiger partial charge is 0.466 e. The molecule has 0 saturated heterocycles. The maximum Gasteiger partial charge on any atom is 0.302 e. The zero-order chi connectivity index (χ0) is 15.3. The number of rotatable bonds is 4. The number of alkyl halides is 2. The van der Waals surface area contributed by atoms with Crippen molar-refractivity contribution in [2.75, 3.05) is 20.8 Å². The van der Waals surface area contributed by atoms with Crippen LogP contribution < -0.4 is 0 Å². The van der Waals surface area contributed by atoms with Gasteiger partial charge in [0, 0.05) is 27.1 Å². The van der Waals surface area contributed by atoms with Gasteiger partial charge in [-0.05, 0) is 6.42 Å². The number of fused-ring (bicyclic) bond motifs is 2. The molecule has 0 amide bonds. The fourth-order valence-electron chi connectivity index (χ4n) is 3.39. The molecule has 4 atom stereocenters. The number of hydrogen-bond donors (Lipinski definition) is 1. The highest BCUT2D eigenvalue weighted by atomic mass is 79.9. The van der Waals surface area contributed by atoms with Crippen LogP contribution in [0.5, 0.6) is 0 Å². The molecule has 0 aromatic rings. The minimum Gasteiger partial charge on any atom is -0.466 e. The fraction of sp³-hybridized carbons (Fsp3) is 0.833. The number of esters is 1. The molecule has 2 bridgehead atoms. The topological polar surface area (TPSA) is 82.1 Å². The molecule has 6 nitrogen and oxygen atoms in total. The van der Waals surface area contributed by atoms with Crippen LogP contribution in [0.25, 0.3) is 0 Å². The Morgan fingerprint density at radius 1 is 1.40 bits per heavy atom. The Balaban J connectivity index is 2.46. The van der Waals surface area contributed by atoms with Crippen LogP contribution in [0.15, 0.2) is 0 Å². The van der Waals surface area contributed by atoms with E-state index >= 15 is 0 Å². The third-order valence-corrected chi connectivity index (χ3v) is 7.09. The summed E-state index contributed by atoms with van der Waals surface area (Å²) in [5.74, 6) is -2.54. The van der Waals surface area contributed by atoms with Crippen molar-refractivity contribution in [3.05, 3.63) is 0 Å². The van der Waals surface area contributed by atoms with Crippen LogP contribution in [0.2, 0.25) is 0 Å². The van der Waals surface area contributed by atoms with Crippen LogP contribution in [0, 0.1) is 5.92 Å². The van der Waals surface area contributed by atoms with Gasteiger partial charge in [0.25, 0.3) is 0 Å². The van der Waals surface area contributed by atoms with Crippen molar-refractivity contribution in [3.8, 4) is 0 Å². The zero-order valence-corrected chi connectivity index (χ0v) is 14.5. The van der Waals surface area contributed by atoms with Crippen LogP contribution in [0.3, 0.4) is 0 Å². The molecule has 0 unspecified atom stereocenters. The second-order valence-corrected chi connectivity index (χ2v) is 7.73. The Hall–Kier alpha value is -0.0200. The van der Waals surface area contributed by atoms with E-state index in [-0.39, 0.29) is 12.5 Å². The van der Waals surface area contributed by atoms with Gasteiger partial charge in [-0.25, -0.2) is 0 Å². The summed E-state index contributed by atoms with van der Waals surface area (Å²) in [6.07, 6.45) is -1.00. The number of Topliss-reactive ketones (excluding diaryl/α,β-unsaturated/α-hetero) is 1. The molecular formula is C12H16Br2O6. The molecule has 0 heterocycles. The van der Waals surface area contributed by atoms with Gasteiger partial charge in [-0.3, -0.25) is 9.59 Å². The van der Waals surface area contributed by atoms with E-state index in [9.17, 15) is 14.7 Å². The van der Waals surface area contributed by atoms with Crippen molar-refractivity contribution < 1.29 is 28.9 Å². The van der Waals surface area contributed by atoms with E-state index in [0.29, 0.717) is 6.42 Å². The molecule has 2 fully saturated rings. The van der Waals surface area contributed by atoms with Gasteiger partial charge in [-0.1, -0.05) is 31.9 Å². The number of carbonyl (C=O) groups excluding carboxylic acids is 2. The molecule has 2 aliphatic rings. The average molecular weight is 416 g/mol. The van der Waals surface area contributed by atoms with Gasteiger partial charge in [0.2, 0.25) is 5.79 Å². The second kappa shape index (κ2) is 5.01. The number of hydrogen-bond acceptors (Lipinski definition) is 6. The number of ketones is 1. The van der Waals surface area contributed by atoms with Crippen LogP contribution >= 0.6 is 31.9 Å². The first-order valence-corrected chi connectivity index (χ1v) is 7.63. The van der Waals surface area contributed by atoms with E-state index in [2.05, 4.69) is 31.9 Å². The number of carbonyl (C=O) groups is 2. The summed E-state index contributed by atoms with van der Waals surface area (Å²) in [5.41, 5.74) is 0. The molecule has 0 aromatic carbocycles. The summed E-state index contributed by atoms with van der Waals surface area (Å²) < 4.78 is 13.6. The number of methoxy groups -OCH3 is 2. The molecule has 1 N–H and O–H groups in total.